The number of hydrogen-bond acceptors (Lipinski definition) is 4. The topological polar surface area (TPSA) is 87.5 Å². The SMILES string of the molecule is CN(C)CC=CC(=O)Nc1cccc(C(=O)Nc2cccc(N)c2)c1. The van der Waals surface area contributed by atoms with Crippen molar-refractivity contribution < 1.29 is 9.59 Å². The van der Waals surface area contributed by atoms with E-state index in [2.05, 4.69) is 10.6 Å². The maximum absolute atomic E-state index is 12.3. The first kappa shape index (κ1) is 18.2. The summed E-state index contributed by atoms with van der Waals surface area (Å²) in [7, 11) is 3.84. The molecule has 130 valence electrons. The fourth-order valence-corrected chi connectivity index (χ4v) is 2.11. The highest BCUT2D eigenvalue weighted by Gasteiger charge is 2.08. The van der Waals surface area contributed by atoms with Crippen molar-refractivity contribution in [1.82, 2.24) is 4.90 Å². The van der Waals surface area contributed by atoms with Gasteiger partial charge in [-0.05, 0) is 50.5 Å². The molecule has 0 spiro atoms. The molecule has 0 radical (unpaired) electrons. The number of likely N-dealkylation sites (N-methyl/N-ethyl adjacent to an activating group) is 1. The molecule has 0 aromatic heterocycles. The van der Waals surface area contributed by atoms with Crippen molar-refractivity contribution in [1.29, 1.82) is 0 Å². The van der Waals surface area contributed by atoms with Crippen molar-refractivity contribution in [3.8, 4) is 0 Å². The van der Waals surface area contributed by atoms with Gasteiger partial charge in [0.15, 0.2) is 0 Å². The van der Waals surface area contributed by atoms with Gasteiger partial charge in [-0.25, -0.2) is 0 Å². The standard InChI is InChI=1S/C19H22N4O2/c1-23(2)11-5-10-18(24)21-16-8-3-6-14(12-16)19(25)22-17-9-4-7-15(20)13-17/h3-10,12-13H,11,20H2,1-2H3,(H,21,24)(H,22,25). The number of nitrogens with one attached hydrogen (secondary N) is 2. The van der Waals surface area contributed by atoms with E-state index in [9.17, 15) is 9.59 Å². The molecule has 0 saturated heterocycles. The lowest BCUT2D eigenvalue weighted by Crippen LogP contribution is -2.14. The summed E-state index contributed by atoms with van der Waals surface area (Å²) in [4.78, 5) is 26.1. The first-order valence-corrected chi connectivity index (χ1v) is 7.83. The van der Waals surface area contributed by atoms with Crippen molar-refractivity contribution in [2.24, 2.45) is 0 Å². The average molecular weight is 338 g/mol. The predicted octanol–water partition coefficient (Wildman–Crippen LogP) is 2.58. The molecule has 0 fully saturated rings. The number of hydrogen-bond donors (Lipinski definition) is 3. The molecule has 0 unspecified atom stereocenters. The van der Waals surface area contributed by atoms with Gasteiger partial charge in [0.05, 0.1) is 0 Å². The third-order valence-corrected chi connectivity index (χ3v) is 3.28. The largest absolute Gasteiger partial charge is 0.399 e. The van der Waals surface area contributed by atoms with Crippen LogP contribution in [-0.4, -0.2) is 37.4 Å². The lowest BCUT2D eigenvalue weighted by molar-refractivity contribution is -0.111. The molecule has 2 amide bonds. The van der Waals surface area contributed by atoms with E-state index in [1.54, 1.807) is 54.6 Å². The number of anilines is 3. The van der Waals surface area contributed by atoms with E-state index < -0.39 is 0 Å². The van der Waals surface area contributed by atoms with Crippen molar-refractivity contribution in [2.75, 3.05) is 37.0 Å². The van der Waals surface area contributed by atoms with Gasteiger partial charge in [0.2, 0.25) is 5.91 Å². The van der Waals surface area contributed by atoms with E-state index in [0.29, 0.717) is 29.2 Å². The van der Waals surface area contributed by atoms with Crippen LogP contribution in [0.3, 0.4) is 0 Å². The summed E-state index contributed by atoms with van der Waals surface area (Å²) in [6.07, 6.45) is 3.24. The fraction of sp³-hybridized carbons (Fsp3) is 0.158. The molecule has 25 heavy (non-hydrogen) atoms. The quantitative estimate of drug-likeness (QED) is 0.558. The van der Waals surface area contributed by atoms with Gasteiger partial charge in [0.1, 0.15) is 0 Å². The van der Waals surface area contributed by atoms with Crippen molar-refractivity contribution >= 4 is 28.9 Å². The second-order valence-corrected chi connectivity index (χ2v) is 5.81. The molecule has 6 heteroatoms. The van der Waals surface area contributed by atoms with E-state index >= 15 is 0 Å². The number of nitrogens with zero attached hydrogens (tertiary/aromatic N) is 1. The minimum atomic E-state index is -0.273. The molecule has 4 N–H and O–H groups in total. The van der Waals surface area contributed by atoms with Gasteiger partial charge in [0, 0.05) is 35.2 Å². The monoisotopic (exact) mass is 338 g/mol. The summed E-state index contributed by atoms with van der Waals surface area (Å²) >= 11 is 0. The smallest absolute Gasteiger partial charge is 0.255 e. The van der Waals surface area contributed by atoms with Gasteiger partial charge < -0.3 is 21.3 Å². The predicted molar refractivity (Wildman–Crippen MR) is 102 cm³/mol. The zero-order valence-corrected chi connectivity index (χ0v) is 14.3. The van der Waals surface area contributed by atoms with Gasteiger partial charge in [-0.1, -0.05) is 18.2 Å². The summed E-state index contributed by atoms with van der Waals surface area (Å²) in [6, 6.07) is 13.7. The highest BCUT2D eigenvalue weighted by atomic mass is 16.2. The van der Waals surface area contributed by atoms with E-state index in [0.717, 1.165) is 0 Å². The second-order valence-electron chi connectivity index (χ2n) is 5.81. The normalized spacial score (nSPS) is 10.8. The molecule has 0 aliphatic carbocycles. The minimum absolute atomic E-state index is 0.241. The molecular weight excluding hydrogens is 316 g/mol. The number of amides is 2. The molecule has 0 heterocycles. The second kappa shape index (κ2) is 8.65. The zero-order valence-electron chi connectivity index (χ0n) is 14.3. The summed E-state index contributed by atoms with van der Waals surface area (Å²) in [5.41, 5.74) is 7.89. The Morgan fingerprint density at radius 2 is 1.72 bits per heavy atom. The van der Waals surface area contributed by atoms with Gasteiger partial charge in [-0.15, -0.1) is 0 Å². The molecule has 0 atom stereocenters. The van der Waals surface area contributed by atoms with Gasteiger partial charge in [0.25, 0.3) is 5.91 Å². The first-order valence-electron chi connectivity index (χ1n) is 7.83. The van der Waals surface area contributed by atoms with Crippen LogP contribution >= 0.6 is 0 Å². The third kappa shape index (κ3) is 6.12. The summed E-state index contributed by atoms with van der Waals surface area (Å²) in [5.74, 6) is -0.514. The average Bonchev–Trinajstić information content (AvgIpc) is 2.54. The van der Waals surface area contributed by atoms with Gasteiger partial charge in [-0.2, -0.15) is 0 Å². The summed E-state index contributed by atoms with van der Waals surface area (Å²) in [6.45, 7) is 0.677. The molecule has 0 saturated carbocycles. The number of carbonyl (C=O) groups is 2. The van der Waals surface area contributed by atoms with Crippen LogP contribution in [0.2, 0.25) is 0 Å². The van der Waals surface area contributed by atoms with Gasteiger partial charge >= 0.3 is 0 Å². The van der Waals surface area contributed by atoms with Crippen LogP contribution in [0.25, 0.3) is 0 Å². The van der Waals surface area contributed by atoms with E-state index in [-0.39, 0.29) is 11.8 Å². The van der Waals surface area contributed by atoms with Crippen LogP contribution in [0, 0.1) is 0 Å². The van der Waals surface area contributed by atoms with Crippen LogP contribution in [0.1, 0.15) is 10.4 Å². The number of carbonyl (C=O) groups excluding carboxylic acids is 2. The minimum Gasteiger partial charge on any atom is -0.399 e. The Bertz CT molecular complexity index is 784. The van der Waals surface area contributed by atoms with Crippen molar-refractivity contribution in [2.45, 2.75) is 0 Å². The number of rotatable bonds is 6. The molecule has 2 aromatic carbocycles. The molecule has 0 aliphatic rings. The van der Waals surface area contributed by atoms with E-state index in [1.165, 1.54) is 6.08 Å². The maximum Gasteiger partial charge on any atom is 0.255 e. The Balaban J connectivity index is 2.01. The Morgan fingerprint density at radius 3 is 2.40 bits per heavy atom. The lowest BCUT2D eigenvalue weighted by atomic mass is 10.1. The Kier molecular flexibility index (Phi) is 6.31. The molecular formula is C19H22N4O2. The van der Waals surface area contributed by atoms with Crippen LogP contribution in [-0.2, 0) is 4.79 Å². The van der Waals surface area contributed by atoms with Crippen molar-refractivity contribution in [3.63, 3.8) is 0 Å². The van der Waals surface area contributed by atoms with Gasteiger partial charge in [-0.3, -0.25) is 9.59 Å². The van der Waals surface area contributed by atoms with E-state index in [1.807, 2.05) is 19.0 Å². The Morgan fingerprint density at radius 1 is 1.04 bits per heavy atom. The van der Waals surface area contributed by atoms with Crippen LogP contribution < -0.4 is 16.4 Å². The third-order valence-electron chi connectivity index (χ3n) is 3.28. The molecule has 2 rings (SSSR count). The van der Waals surface area contributed by atoms with E-state index in [4.69, 9.17) is 5.73 Å². The van der Waals surface area contributed by atoms with Crippen LogP contribution in [0.4, 0.5) is 17.1 Å². The Labute approximate surface area is 147 Å². The Hall–Kier alpha value is -3.12. The molecule has 0 aliphatic heterocycles. The first-order chi connectivity index (χ1) is 11.9. The van der Waals surface area contributed by atoms with Crippen molar-refractivity contribution in [3.05, 3.63) is 66.2 Å². The summed E-state index contributed by atoms with van der Waals surface area (Å²) in [5, 5.41) is 5.51. The van der Waals surface area contributed by atoms with Crippen LogP contribution in [0.15, 0.2) is 60.7 Å². The number of nitrogen functional groups attached to an aromatic ring is 1. The molecule has 0 bridgehead atoms. The highest BCUT2D eigenvalue weighted by molar-refractivity contribution is 6.06. The number of benzene rings is 2. The molecule has 6 nitrogen and oxygen atoms in total. The maximum atomic E-state index is 12.3. The van der Waals surface area contributed by atoms with Crippen LogP contribution in [0.5, 0.6) is 0 Å². The summed E-state index contributed by atoms with van der Waals surface area (Å²) < 4.78 is 0. The fourth-order valence-electron chi connectivity index (χ4n) is 2.11. The highest BCUT2D eigenvalue weighted by Crippen LogP contribution is 2.15. The zero-order chi connectivity index (χ0) is 18.2. The number of nitrogens with two attached hydrogens (primary N) is 1. The molecule has 2 aromatic rings. The lowest BCUT2D eigenvalue weighted by Gasteiger charge is -2.08.